The number of urea groups is 1. The van der Waals surface area contributed by atoms with Crippen LogP contribution in [0.1, 0.15) is 25.7 Å². The number of rotatable bonds is 4. The maximum absolute atomic E-state index is 12.2. The van der Waals surface area contributed by atoms with Gasteiger partial charge in [0.15, 0.2) is 0 Å². The largest absolute Gasteiger partial charge is 0.351 e. The number of hydrogen-bond donors (Lipinski definition) is 2. The second kappa shape index (κ2) is 7.66. The first-order valence-corrected chi connectivity index (χ1v) is 9.65. The molecule has 0 bridgehead atoms. The third-order valence-electron chi connectivity index (χ3n) is 4.70. The molecule has 0 radical (unpaired) electrons. The van der Waals surface area contributed by atoms with Gasteiger partial charge in [-0.25, -0.2) is 4.79 Å². The number of hydrogen-bond acceptors (Lipinski definition) is 3. The Morgan fingerprint density at radius 3 is 2.58 bits per heavy atom. The highest BCUT2D eigenvalue weighted by atomic mass is 35.5. The molecule has 2 N–H and O–H groups in total. The molecule has 3 rings (SSSR count). The normalized spacial score (nSPS) is 19.4. The summed E-state index contributed by atoms with van der Waals surface area (Å²) >= 11 is 7.55. The number of amides is 3. The minimum Gasteiger partial charge on any atom is -0.351 e. The van der Waals surface area contributed by atoms with Crippen molar-refractivity contribution in [2.75, 3.05) is 25.4 Å². The molecule has 24 heavy (non-hydrogen) atoms. The zero-order valence-electron chi connectivity index (χ0n) is 13.5. The maximum atomic E-state index is 12.2. The number of halogens is 1. The highest BCUT2D eigenvalue weighted by molar-refractivity contribution is 7.99. The van der Waals surface area contributed by atoms with E-state index in [1.54, 1.807) is 11.8 Å². The standard InChI is InChI=1S/C17H22ClN3O2S/c18-13-1-3-14(4-2-13)24-12-9-19-16(23)21-10-7-17(8-11-21)6-5-15(22)20-17/h1-4H,5-12H2,(H,19,23)(H,20,22). The molecule has 0 saturated carbocycles. The first-order chi connectivity index (χ1) is 11.6. The Bertz CT molecular complexity index is 600. The van der Waals surface area contributed by atoms with Crippen LogP contribution in [-0.4, -0.2) is 47.8 Å². The Kier molecular flexibility index (Phi) is 5.56. The molecule has 2 aliphatic rings. The van der Waals surface area contributed by atoms with Gasteiger partial charge in [-0.3, -0.25) is 4.79 Å². The van der Waals surface area contributed by atoms with Crippen molar-refractivity contribution in [2.45, 2.75) is 36.1 Å². The van der Waals surface area contributed by atoms with Gasteiger partial charge in [0.25, 0.3) is 0 Å². The highest BCUT2D eigenvalue weighted by Crippen LogP contribution is 2.31. The van der Waals surface area contributed by atoms with E-state index in [0.29, 0.717) is 26.1 Å². The van der Waals surface area contributed by atoms with Crippen molar-refractivity contribution in [1.29, 1.82) is 0 Å². The van der Waals surface area contributed by atoms with Crippen LogP contribution < -0.4 is 10.6 Å². The molecule has 2 fully saturated rings. The zero-order chi connectivity index (χ0) is 17.0. The van der Waals surface area contributed by atoms with Gasteiger partial charge in [-0.2, -0.15) is 0 Å². The molecule has 0 atom stereocenters. The molecule has 130 valence electrons. The summed E-state index contributed by atoms with van der Waals surface area (Å²) in [5.41, 5.74) is -0.0572. The molecule has 5 nitrogen and oxygen atoms in total. The van der Waals surface area contributed by atoms with Gasteiger partial charge in [-0.05, 0) is 43.5 Å². The summed E-state index contributed by atoms with van der Waals surface area (Å²) in [7, 11) is 0. The zero-order valence-corrected chi connectivity index (χ0v) is 15.1. The Hall–Kier alpha value is -1.40. The number of nitrogens with zero attached hydrogens (tertiary/aromatic N) is 1. The van der Waals surface area contributed by atoms with Crippen LogP contribution in [-0.2, 0) is 4.79 Å². The van der Waals surface area contributed by atoms with Crippen molar-refractivity contribution in [3.8, 4) is 0 Å². The van der Waals surface area contributed by atoms with E-state index in [2.05, 4.69) is 10.6 Å². The number of carbonyl (C=O) groups excluding carboxylic acids is 2. The molecule has 1 aromatic rings. The number of likely N-dealkylation sites (tertiary alicyclic amines) is 1. The van der Waals surface area contributed by atoms with E-state index in [4.69, 9.17) is 11.6 Å². The van der Waals surface area contributed by atoms with Gasteiger partial charge in [-0.15, -0.1) is 11.8 Å². The summed E-state index contributed by atoms with van der Waals surface area (Å²) in [6, 6.07) is 7.69. The molecule has 7 heteroatoms. The van der Waals surface area contributed by atoms with Gasteiger partial charge >= 0.3 is 6.03 Å². The van der Waals surface area contributed by atoms with Crippen LogP contribution in [0.5, 0.6) is 0 Å². The number of benzene rings is 1. The van der Waals surface area contributed by atoms with E-state index in [1.165, 1.54) is 0 Å². The number of thioether (sulfide) groups is 1. The quantitative estimate of drug-likeness (QED) is 0.635. The van der Waals surface area contributed by atoms with Gasteiger partial charge < -0.3 is 15.5 Å². The Morgan fingerprint density at radius 2 is 1.96 bits per heavy atom. The Labute approximate surface area is 151 Å². The maximum Gasteiger partial charge on any atom is 0.317 e. The fraction of sp³-hybridized carbons (Fsp3) is 0.529. The van der Waals surface area contributed by atoms with E-state index in [0.717, 1.165) is 34.9 Å². The fourth-order valence-electron chi connectivity index (χ4n) is 3.26. The monoisotopic (exact) mass is 367 g/mol. The first kappa shape index (κ1) is 17.4. The lowest BCUT2D eigenvalue weighted by molar-refractivity contribution is -0.120. The van der Waals surface area contributed by atoms with Crippen LogP contribution in [0.15, 0.2) is 29.2 Å². The predicted octanol–water partition coefficient (Wildman–Crippen LogP) is 2.89. The molecule has 0 aliphatic carbocycles. The predicted molar refractivity (Wildman–Crippen MR) is 96.5 cm³/mol. The van der Waals surface area contributed by atoms with Crippen molar-refractivity contribution in [3.05, 3.63) is 29.3 Å². The lowest BCUT2D eigenvalue weighted by atomic mass is 9.86. The topological polar surface area (TPSA) is 61.4 Å². The molecular weight excluding hydrogens is 346 g/mol. The van der Waals surface area contributed by atoms with E-state index < -0.39 is 0 Å². The van der Waals surface area contributed by atoms with Crippen molar-refractivity contribution in [3.63, 3.8) is 0 Å². The minimum absolute atomic E-state index is 0.00844. The van der Waals surface area contributed by atoms with Gasteiger partial charge in [0.1, 0.15) is 0 Å². The van der Waals surface area contributed by atoms with E-state index in [9.17, 15) is 9.59 Å². The summed E-state index contributed by atoms with van der Waals surface area (Å²) < 4.78 is 0. The Balaban J connectivity index is 1.35. The van der Waals surface area contributed by atoms with E-state index in [-0.39, 0.29) is 17.5 Å². The third-order valence-corrected chi connectivity index (χ3v) is 5.97. The third kappa shape index (κ3) is 4.36. The summed E-state index contributed by atoms with van der Waals surface area (Å²) in [6.45, 7) is 2.04. The fourth-order valence-corrected chi connectivity index (χ4v) is 4.15. The molecule has 1 spiro atoms. The van der Waals surface area contributed by atoms with Crippen LogP contribution in [0.3, 0.4) is 0 Å². The molecule has 0 unspecified atom stereocenters. The number of nitrogens with one attached hydrogen (secondary N) is 2. The van der Waals surface area contributed by atoms with E-state index in [1.807, 2.05) is 29.2 Å². The second-order valence-corrected chi connectivity index (χ2v) is 7.95. The number of piperidine rings is 1. The van der Waals surface area contributed by atoms with Gasteiger partial charge in [-0.1, -0.05) is 11.6 Å². The van der Waals surface area contributed by atoms with Gasteiger partial charge in [0.2, 0.25) is 5.91 Å². The number of carbonyl (C=O) groups is 2. The van der Waals surface area contributed by atoms with Gasteiger partial charge in [0.05, 0.1) is 0 Å². The van der Waals surface area contributed by atoms with Crippen molar-refractivity contribution >= 4 is 35.3 Å². The van der Waals surface area contributed by atoms with Crippen molar-refractivity contribution in [1.82, 2.24) is 15.5 Å². The highest BCUT2D eigenvalue weighted by Gasteiger charge is 2.40. The molecule has 2 heterocycles. The molecular formula is C17H22ClN3O2S. The van der Waals surface area contributed by atoms with Crippen LogP contribution in [0, 0.1) is 0 Å². The summed E-state index contributed by atoms with van der Waals surface area (Å²) in [4.78, 5) is 26.6. The average molecular weight is 368 g/mol. The van der Waals surface area contributed by atoms with E-state index >= 15 is 0 Å². The van der Waals surface area contributed by atoms with Crippen molar-refractivity contribution in [2.24, 2.45) is 0 Å². The van der Waals surface area contributed by atoms with Crippen LogP contribution in [0.25, 0.3) is 0 Å². The summed E-state index contributed by atoms with van der Waals surface area (Å²) in [6.07, 6.45) is 3.23. The summed E-state index contributed by atoms with van der Waals surface area (Å²) in [5, 5.41) is 6.80. The lowest BCUT2D eigenvalue weighted by Gasteiger charge is -2.39. The second-order valence-electron chi connectivity index (χ2n) is 6.35. The van der Waals surface area contributed by atoms with Crippen LogP contribution >= 0.6 is 23.4 Å². The molecule has 1 aromatic carbocycles. The SMILES string of the molecule is O=C1CCC2(CCN(C(=O)NCCSc3ccc(Cl)cc3)CC2)N1. The Morgan fingerprint density at radius 1 is 1.25 bits per heavy atom. The molecule has 2 aliphatic heterocycles. The van der Waals surface area contributed by atoms with Crippen LogP contribution in [0.4, 0.5) is 4.79 Å². The molecule has 0 aromatic heterocycles. The minimum atomic E-state index is -0.0572. The van der Waals surface area contributed by atoms with Crippen LogP contribution in [0.2, 0.25) is 5.02 Å². The lowest BCUT2D eigenvalue weighted by Crippen LogP contribution is -2.54. The first-order valence-electron chi connectivity index (χ1n) is 8.29. The average Bonchev–Trinajstić information content (AvgIpc) is 2.94. The summed E-state index contributed by atoms with van der Waals surface area (Å²) in [5.74, 6) is 0.966. The van der Waals surface area contributed by atoms with Gasteiger partial charge in [0, 0.05) is 47.3 Å². The smallest absolute Gasteiger partial charge is 0.317 e. The van der Waals surface area contributed by atoms with Crippen molar-refractivity contribution < 1.29 is 9.59 Å². The molecule has 3 amide bonds. The molecule has 2 saturated heterocycles.